The van der Waals surface area contributed by atoms with E-state index in [1.54, 1.807) is 4.90 Å². The second-order valence-electron chi connectivity index (χ2n) is 8.43. The lowest BCUT2D eigenvalue weighted by Crippen LogP contribution is -2.28. The molecule has 1 unspecified atom stereocenters. The molecule has 32 heavy (non-hydrogen) atoms. The Hall–Kier alpha value is -3.33. The topological polar surface area (TPSA) is 106 Å². The summed E-state index contributed by atoms with van der Waals surface area (Å²) in [6.07, 6.45) is 2.27. The lowest BCUT2D eigenvalue weighted by molar-refractivity contribution is 0.0996. The average molecular weight is 433 g/mol. The molecule has 3 aromatic rings. The van der Waals surface area contributed by atoms with E-state index in [1.807, 2.05) is 42.7 Å². The van der Waals surface area contributed by atoms with Gasteiger partial charge in [0.15, 0.2) is 5.82 Å². The van der Waals surface area contributed by atoms with Gasteiger partial charge in [-0.05, 0) is 51.8 Å². The minimum Gasteiger partial charge on any atom is -0.354 e. The fourth-order valence-corrected chi connectivity index (χ4v) is 4.77. The zero-order chi connectivity index (χ0) is 22.4. The SMILES string of the molecule is CCn1c(C)nnc1-c1cccc(N2Cc3c(cc(N4CCCC4C)nc3CN)C2=O)n1. The first-order valence-electron chi connectivity index (χ1n) is 11.2. The van der Waals surface area contributed by atoms with E-state index in [0.717, 1.165) is 48.8 Å². The minimum atomic E-state index is -0.0667. The standard InChI is InChI=1S/C23H28N8O/c1-4-29-15(3)27-28-22(29)18-8-5-9-20(25-18)31-13-17-16(23(31)32)11-21(26-19(17)12-24)30-10-6-7-14(30)2/h5,8-9,11,14H,4,6-7,10,12-13,24H2,1-3H3. The largest absolute Gasteiger partial charge is 0.354 e. The van der Waals surface area contributed by atoms with Crippen molar-refractivity contribution in [2.45, 2.75) is 59.3 Å². The molecule has 2 N–H and O–H groups in total. The van der Waals surface area contributed by atoms with E-state index in [9.17, 15) is 4.79 Å². The molecule has 9 heteroatoms. The smallest absolute Gasteiger partial charge is 0.260 e. The lowest BCUT2D eigenvalue weighted by atomic mass is 10.1. The molecule has 5 rings (SSSR count). The number of amides is 1. The molecule has 9 nitrogen and oxygen atoms in total. The number of anilines is 2. The van der Waals surface area contributed by atoms with Gasteiger partial charge in [-0.15, -0.1) is 10.2 Å². The van der Waals surface area contributed by atoms with Gasteiger partial charge in [-0.1, -0.05) is 6.07 Å². The van der Waals surface area contributed by atoms with Crippen molar-refractivity contribution >= 4 is 17.5 Å². The Morgan fingerprint density at radius 3 is 2.75 bits per heavy atom. The number of hydrogen-bond donors (Lipinski definition) is 1. The first-order chi connectivity index (χ1) is 15.5. The van der Waals surface area contributed by atoms with Crippen LogP contribution < -0.4 is 15.5 Å². The van der Waals surface area contributed by atoms with Crippen LogP contribution in [0.1, 0.15) is 54.1 Å². The predicted molar refractivity (Wildman–Crippen MR) is 122 cm³/mol. The van der Waals surface area contributed by atoms with Crippen LogP contribution in [0.15, 0.2) is 24.3 Å². The number of carbonyl (C=O) groups is 1. The summed E-state index contributed by atoms with van der Waals surface area (Å²) in [5.74, 6) is 2.90. The van der Waals surface area contributed by atoms with E-state index in [-0.39, 0.29) is 5.91 Å². The van der Waals surface area contributed by atoms with Crippen LogP contribution >= 0.6 is 0 Å². The zero-order valence-electron chi connectivity index (χ0n) is 18.7. The molecule has 0 aliphatic carbocycles. The second-order valence-corrected chi connectivity index (χ2v) is 8.43. The highest BCUT2D eigenvalue weighted by molar-refractivity contribution is 6.10. The molecule has 1 fully saturated rings. The molecule has 0 spiro atoms. The molecule has 0 aromatic carbocycles. The molecule has 3 aromatic heterocycles. The summed E-state index contributed by atoms with van der Waals surface area (Å²) in [6.45, 7) is 8.58. The van der Waals surface area contributed by atoms with E-state index in [2.05, 4.69) is 22.0 Å². The fourth-order valence-electron chi connectivity index (χ4n) is 4.77. The summed E-state index contributed by atoms with van der Waals surface area (Å²) >= 11 is 0. The predicted octanol–water partition coefficient (Wildman–Crippen LogP) is 2.67. The highest BCUT2D eigenvalue weighted by Crippen LogP contribution is 2.34. The van der Waals surface area contributed by atoms with E-state index in [4.69, 9.17) is 15.7 Å². The summed E-state index contributed by atoms with van der Waals surface area (Å²) in [6, 6.07) is 7.99. The highest BCUT2D eigenvalue weighted by atomic mass is 16.2. The van der Waals surface area contributed by atoms with Crippen molar-refractivity contribution in [3.8, 4) is 11.5 Å². The van der Waals surface area contributed by atoms with Crippen molar-refractivity contribution in [3.63, 3.8) is 0 Å². The molecular weight excluding hydrogens is 404 g/mol. The van der Waals surface area contributed by atoms with Gasteiger partial charge in [0.1, 0.15) is 23.2 Å². The maximum absolute atomic E-state index is 13.5. The van der Waals surface area contributed by atoms with Crippen LogP contribution in [0, 0.1) is 6.92 Å². The molecule has 1 saturated heterocycles. The van der Waals surface area contributed by atoms with E-state index >= 15 is 0 Å². The van der Waals surface area contributed by atoms with Crippen molar-refractivity contribution in [2.75, 3.05) is 16.3 Å². The quantitative estimate of drug-likeness (QED) is 0.661. The molecule has 0 bridgehead atoms. The Kier molecular flexibility index (Phi) is 5.13. The molecule has 1 amide bonds. The minimum absolute atomic E-state index is 0.0667. The third-order valence-corrected chi connectivity index (χ3v) is 6.52. The number of fused-ring (bicyclic) bond motifs is 1. The van der Waals surface area contributed by atoms with Gasteiger partial charge in [-0.3, -0.25) is 9.69 Å². The first kappa shape index (κ1) is 20.6. The third-order valence-electron chi connectivity index (χ3n) is 6.52. The van der Waals surface area contributed by atoms with Crippen LogP contribution in [0.5, 0.6) is 0 Å². The van der Waals surface area contributed by atoms with Crippen LogP contribution in [0.25, 0.3) is 11.5 Å². The van der Waals surface area contributed by atoms with Crippen LogP contribution in [-0.2, 0) is 19.6 Å². The van der Waals surface area contributed by atoms with Gasteiger partial charge < -0.3 is 15.2 Å². The molecular formula is C23H28N8O. The van der Waals surface area contributed by atoms with Crippen molar-refractivity contribution in [3.05, 3.63) is 46.9 Å². The molecule has 2 aliphatic heterocycles. The van der Waals surface area contributed by atoms with Gasteiger partial charge in [0.2, 0.25) is 0 Å². The van der Waals surface area contributed by atoms with Crippen molar-refractivity contribution in [1.29, 1.82) is 0 Å². The number of rotatable bonds is 5. The number of pyridine rings is 2. The third kappa shape index (κ3) is 3.24. The second kappa shape index (κ2) is 7.98. The zero-order valence-corrected chi connectivity index (χ0v) is 18.7. The number of nitrogens with zero attached hydrogens (tertiary/aromatic N) is 7. The average Bonchev–Trinajstić information content (AvgIpc) is 3.50. The van der Waals surface area contributed by atoms with E-state index in [0.29, 0.717) is 42.0 Å². The summed E-state index contributed by atoms with van der Waals surface area (Å²) in [7, 11) is 0. The Morgan fingerprint density at radius 2 is 2.03 bits per heavy atom. The monoisotopic (exact) mass is 432 g/mol. The molecule has 5 heterocycles. The van der Waals surface area contributed by atoms with E-state index in [1.165, 1.54) is 0 Å². The Balaban J connectivity index is 1.51. The number of hydrogen-bond acceptors (Lipinski definition) is 7. The highest BCUT2D eigenvalue weighted by Gasteiger charge is 2.34. The van der Waals surface area contributed by atoms with Gasteiger partial charge in [-0.2, -0.15) is 0 Å². The number of aromatic nitrogens is 5. The van der Waals surface area contributed by atoms with Gasteiger partial charge in [-0.25, -0.2) is 9.97 Å². The summed E-state index contributed by atoms with van der Waals surface area (Å²) in [4.78, 5) is 27.0. The number of carbonyl (C=O) groups excluding carboxylic acids is 1. The van der Waals surface area contributed by atoms with Gasteiger partial charge in [0, 0.05) is 31.2 Å². The summed E-state index contributed by atoms with van der Waals surface area (Å²) in [5, 5.41) is 8.47. The molecule has 1 atom stereocenters. The Labute approximate surface area is 187 Å². The first-order valence-corrected chi connectivity index (χ1v) is 11.2. The molecule has 166 valence electrons. The maximum Gasteiger partial charge on any atom is 0.260 e. The van der Waals surface area contributed by atoms with Crippen LogP contribution in [0.3, 0.4) is 0 Å². The van der Waals surface area contributed by atoms with Crippen LogP contribution in [0.2, 0.25) is 0 Å². The van der Waals surface area contributed by atoms with Gasteiger partial charge in [0.25, 0.3) is 5.91 Å². The van der Waals surface area contributed by atoms with Crippen LogP contribution in [0.4, 0.5) is 11.6 Å². The Morgan fingerprint density at radius 1 is 1.19 bits per heavy atom. The Bertz CT molecular complexity index is 1190. The van der Waals surface area contributed by atoms with E-state index < -0.39 is 0 Å². The van der Waals surface area contributed by atoms with Crippen LogP contribution in [-0.4, -0.2) is 43.2 Å². The normalized spacial score (nSPS) is 18.0. The maximum atomic E-state index is 13.5. The fraction of sp³-hybridized carbons (Fsp3) is 0.435. The summed E-state index contributed by atoms with van der Waals surface area (Å²) in [5.41, 5.74) is 9.09. The number of nitrogens with two attached hydrogens (primary N) is 1. The molecule has 2 aliphatic rings. The lowest BCUT2D eigenvalue weighted by Gasteiger charge is -2.23. The molecule has 0 saturated carbocycles. The van der Waals surface area contributed by atoms with Crippen molar-refractivity contribution in [2.24, 2.45) is 5.73 Å². The van der Waals surface area contributed by atoms with Gasteiger partial charge in [0.05, 0.1) is 17.8 Å². The molecule has 0 radical (unpaired) electrons. The summed E-state index contributed by atoms with van der Waals surface area (Å²) < 4.78 is 2.01. The van der Waals surface area contributed by atoms with Crippen molar-refractivity contribution in [1.82, 2.24) is 24.7 Å². The van der Waals surface area contributed by atoms with Gasteiger partial charge >= 0.3 is 0 Å². The number of aryl methyl sites for hydroxylation is 1. The van der Waals surface area contributed by atoms with Crippen molar-refractivity contribution < 1.29 is 4.79 Å².